The van der Waals surface area contributed by atoms with E-state index >= 15 is 0 Å². The molecule has 84 valence electrons. The molecular weight excluding hydrogens is 203 g/mol. The second kappa shape index (κ2) is 5.16. The van der Waals surface area contributed by atoms with E-state index in [9.17, 15) is 13.2 Å². The molecule has 0 radical (unpaired) electrons. The maximum atomic E-state index is 13.2. The van der Waals surface area contributed by atoms with E-state index in [1.165, 1.54) is 0 Å². The highest BCUT2D eigenvalue weighted by Crippen LogP contribution is 2.22. The molecule has 15 heavy (non-hydrogen) atoms. The predicted octanol–water partition coefficient (Wildman–Crippen LogP) is 3.29. The van der Waals surface area contributed by atoms with Crippen molar-refractivity contribution in [3.63, 3.8) is 0 Å². The van der Waals surface area contributed by atoms with Gasteiger partial charge in [-0.05, 0) is 12.5 Å². The van der Waals surface area contributed by atoms with Crippen molar-refractivity contribution in [1.82, 2.24) is 0 Å². The fourth-order valence-electron chi connectivity index (χ4n) is 1.43. The van der Waals surface area contributed by atoms with E-state index in [0.717, 1.165) is 18.9 Å². The number of hydrogen-bond donors (Lipinski definition) is 1. The Bertz CT molecular complexity index is 339. The van der Waals surface area contributed by atoms with Gasteiger partial charge in [0.2, 0.25) is 0 Å². The van der Waals surface area contributed by atoms with E-state index in [1.807, 2.05) is 6.92 Å². The van der Waals surface area contributed by atoms with Crippen LogP contribution < -0.4 is 5.73 Å². The Morgan fingerprint density at radius 1 is 1.27 bits per heavy atom. The van der Waals surface area contributed by atoms with Crippen LogP contribution in [-0.4, -0.2) is 0 Å². The fourth-order valence-corrected chi connectivity index (χ4v) is 1.43. The minimum atomic E-state index is -1.18. The Kier molecular flexibility index (Phi) is 4.15. The molecule has 1 unspecified atom stereocenters. The van der Waals surface area contributed by atoms with Crippen LogP contribution in [0.4, 0.5) is 13.2 Å². The number of benzene rings is 1. The highest BCUT2D eigenvalue weighted by atomic mass is 19.2. The van der Waals surface area contributed by atoms with Gasteiger partial charge in [-0.25, -0.2) is 13.2 Å². The topological polar surface area (TPSA) is 26.0 Å². The largest absolute Gasteiger partial charge is 0.324 e. The lowest BCUT2D eigenvalue weighted by Crippen LogP contribution is -2.13. The Morgan fingerprint density at radius 3 is 2.53 bits per heavy atom. The second-order valence-corrected chi connectivity index (χ2v) is 3.54. The zero-order chi connectivity index (χ0) is 11.4. The van der Waals surface area contributed by atoms with Gasteiger partial charge in [0.05, 0.1) is 0 Å². The van der Waals surface area contributed by atoms with Crippen LogP contribution >= 0.6 is 0 Å². The molecule has 1 aromatic rings. The van der Waals surface area contributed by atoms with Crippen molar-refractivity contribution >= 4 is 0 Å². The molecule has 0 aliphatic heterocycles. The average molecular weight is 217 g/mol. The van der Waals surface area contributed by atoms with Gasteiger partial charge in [0, 0.05) is 17.7 Å². The van der Waals surface area contributed by atoms with Gasteiger partial charge in [-0.3, -0.25) is 0 Å². The molecule has 1 atom stereocenters. The molecule has 0 fully saturated rings. The summed E-state index contributed by atoms with van der Waals surface area (Å²) in [6.07, 6.45) is 2.24. The van der Waals surface area contributed by atoms with Crippen LogP contribution in [-0.2, 0) is 0 Å². The maximum Gasteiger partial charge on any atom is 0.163 e. The van der Waals surface area contributed by atoms with Gasteiger partial charge in [0.25, 0.3) is 0 Å². The summed E-state index contributed by atoms with van der Waals surface area (Å²) in [6, 6.07) is 0.833. The van der Waals surface area contributed by atoms with Crippen molar-refractivity contribution in [2.75, 3.05) is 0 Å². The monoisotopic (exact) mass is 217 g/mol. The summed E-state index contributed by atoms with van der Waals surface area (Å²) in [4.78, 5) is 0. The highest BCUT2D eigenvalue weighted by Gasteiger charge is 2.16. The molecule has 0 saturated carbocycles. The lowest BCUT2D eigenvalue weighted by Gasteiger charge is -2.12. The number of unbranched alkanes of at least 4 members (excludes halogenated alkanes) is 1. The Balaban J connectivity index is 2.92. The van der Waals surface area contributed by atoms with Crippen molar-refractivity contribution in [2.24, 2.45) is 5.73 Å². The first-order valence-electron chi connectivity index (χ1n) is 4.96. The third-order valence-corrected chi connectivity index (χ3v) is 2.29. The summed E-state index contributed by atoms with van der Waals surface area (Å²) in [5.74, 6) is -3.02. The van der Waals surface area contributed by atoms with Crippen LogP contribution in [0.5, 0.6) is 0 Å². The van der Waals surface area contributed by atoms with E-state index in [2.05, 4.69) is 0 Å². The number of halogens is 3. The Morgan fingerprint density at radius 2 is 1.93 bits per heavy atom. The molecule has 0 heterocycles. The van der Waals surface area contributed by atoms with Gasteiger partial charge in [0.15, 0.2) is 11.6 Å². The molecule has 2 N–H and O–H groups in total. The molecule has 0 bridgehead atoms. The van der Waals surface area contributed by atoms with Gasteiger partial charge in [-0.1, -0.05) is 19.8 Å². The van der Waals surface area contributed by atoms with Crippen LogP contribution in [0.2, 0.25) is 0 Å². The molecule has 0 aliphatic rings. The number of rotatable bonds is 4. The van der Waals surface area contributed by atoms with E-state index in [1.54, 1.807) is 0 Å². The number of nitrogens with two attached hydrogens (primary N) is 1. The average Bonchev–Trinajstić information content (AvgIpc) is 2.19. The predicted molar refractivity (Wildman–Crippen MR) is 52.8 cm³/mol. The van der Waals surface area contributed by atoms with Crippen LogP contribution in [0.25, 0.3) is 0 Å². The van der Waals surface area contributed by atoms with E-state index in [-0.39, 0.29) is 5.56 Å². The smallest absolute Gasteiger partial charge is 0.163 e. The first kappa shape index (κ1) is 12.0. The lowest BCUT2D eigenvalue weighted by atomic mass is 10.0. The third-order valence-electron chi connectivity index (χ3n) is 2.29. The quantitative estimate of drug-likeness (QED) is 0.769. The first-order valence-corrected chi connectivity index (χ1v) is 4.96. The zero-order valence-corrected chi connectivity index (χ0v) is 8.56. The van der Waals surface area contributed by atoms with Gasteiger partial charge in [-0.2, -0.15) is 0 Å². The van der Waals surface area contributed by atoms with Crippen molar-refractivity contribution in [2.45, 2.75) is 32.2 Å². The molecule has 0 aromatic heterocycles. The summed E-state index contributed by atoms with van der Waals surface area (Å²) in [6.45, 7) is 1.97. The highest BCUT2D eigenvalue weighted by molar-refractivity contribution is 5.23. The minimum Gasteiger partial charge on any atom is -0.324 e. The molecule has 1 nitrogen and oxygen atoms in total. The van der Waals surface area contributed by atoms with Crippen molar-refractivity contribution < 1.29 is 13.2 Å². The summed E-state index contributed by atoms with van der Waals surface area (Å²) < 4.78 is 38.9. The molecule has 0 amide bonds. The first-order chi connectivity index (χ1) is 7.06. The van der Waals surface area contributed by atoms with Gasteiger partial charge >= 0.3 is 0 Å². The van der Waals surface area contributed by atoms with Crippen LogP contribution in [0.1, 0.15) is 37.8 Å². The number of hydrogen-bond acceptors (Lipinski definition) is 1. The standard InChI is InChI=1S/C11H14F3N/c1-2-3-4-10(15)8-5-7(12)6-9(13)11(8)14/h5-6,10H,2-4,15H2,1H3. The fraction of sp³-hybridized carbons (Fsp3) is 0.455. The SMILES string of the molecule is CCCCC(N)c1cc(F)cc(F)c1F. The summed E-state index contributed by atoms with van der Waals surface area (Å²) in [5.41, 5.74) is 5.56. The molecule has 1 rings (SSSR count). The van der Waals surface area contributed by atoms with Gasteiger partial charge in [-0.15, -0.1) is 0 Å². The van der Waals surface area contributed by atoms with Gasteiger partial charge in [0.1, 0.15) is 5.82 Å². The third kappa shape index (κ3) is 2.96. The Labute approximate surface area is 87.1 Å². The zero-order valence-electron chi connectivity index (χ0n) is 8.56. The molecule has 1 aromatic carbocycles. The van der Waals surface area contributed by atoms with Crippen molar-refractivity contribution in [3.8, 4) is 0 Å². The minimum absolute atomic E-state index is 0.0825. The van der Waals surface area contributed by atoms with Crippen LogP contribution in [0.3, 0.4) is 0 Å². The molecule has 0 aliphatic carbocycles. The van der Waals surface area contributed by atoms with E-state index in [4.69, 9.17) is 5.73 Å². The molecule has 0 saturated heterocycles. The summed E-state index contributed by atoms with van der Waals surface area (Å²) in [5, 5.41) is 0. The lowest BCUT2D eigenvalue weighted by molar-refractivity contribution is 0.467. The van der Waals surface area contributed by atoms with E-state index in [0.29, 0.717) is 12.5 Å². The van der Waals surface area contributed by atoms with Gasteiger partial charge < -0.3 is 5.73 Å². The maximum absolute atomic E-state index is 13.2. The molecular formula is C11H14F3N. The second-order valence-electron chi connectivity index (χ2n) is 3.54. The van der Waals surface area contributed by atoms with Crippen LogP contribution in [0, 0.1) is 17.5 Å². The van der Waals surface area contributed by atoms with Crippen molar-refractivity contribution in [1.29, 1.82) is 0 Å². The van der Waals surface area contributed by atoms with Crippen molar-refractivity contribution in [3.05, 3.63) is 35.1 Å². The summed E-state index contributed by atoms with van der Waals surface area (Å²) in [7, 11) is 0. The Hall–Kier alpha value is -1.03. The van der Waals surface area contributed by atoms with E-state index < -0.39 is 23.5 Å². The molecule has 0 spiro atoms. The molecule has 4 heteroatoms. The summed E-state index contributed by atoms with van der Waals surface area (Å²) >= 11 is 0. The van der Waals surface area contributed by atoms with Crippen LogP contribution in [0.15, 0.2) is 12.1 Å². The normalized spacial score (nSPS) is 12.9.